The fraction of sp³-hybridized carbons (Fsp3) is 0.647. The van der Waals surface area contributed by atoms with E-state index in [1.54, 1.807) is 0 Å². The Morgan fingerprint density at radius 2 is 1.72 bits per heavy atom. The maximum absolute atomic E-state index is 4.34. The predicted octanol–water partition coefficient (Wildman–Crippen LogP) is 5.27. The zero-order valence-corrected chi connectivity index (χ0v) is 12.8. The molecule has 102 valence electrons. The summed E-state index contributed by atoms with van der Waals surface area (Å²) >= 11 is 0. The van der Waals surface area contributed by atoms with E-state index in [0.717, 1.165) is 0 Å². The lowest BCUT2D eigenvalue weighted by atomic mass is 9.82. The van der Waals surface area contributed by atoms with Gasteiger partial charge in [-0.3, -0.25) is 0 Å². The monoisotopic (exact) mass is 247 g/mol. The average Bonchev–Trinajstić information content (AvgIpc) is 2.27. The second-order valence-electron chi connectivity index (χ2n) is 6.26. The molecule has 0 amide bonds. The van der Waals surface area contributed by atoms with Gasteiger partial charge >= 0.3 is 0 Å². The molecule has 0 aliphatic carbocycles. The SMILES string of the molecule is C=C1C(C(C)(C)C)=CC=CN1C(CCC)CCC. The van der Waals surface area contributed by atoms with Crippen molar-refractivity contribution in [2.45, 2.75) is 66.3 Å². The van der Waals surface area contributed by atoms with E-state index < -0.39 is 0 Å². The Labute approximate surface area is 113 Å². The summed E-state index contributed by atoms with van der Waals surface area (Å²) in [5.41, 5.74) is 2.72. The average molecular weight is 247 g/mol. The van der Waals surface area contributed by atoms with Crippen molar-refractivity contribution in [3.63, 3.8) is 0 Å². The molecule has 0 atom stereocenters. The molecule has 0 aromatic heterocycles. The Kier molecular flexibility index (Phi) is 5.25. The van der Waals surface area contributed by atoms with Gasteiger partial charge in [0.2, 0.25) is 0 Å². The first-order valence-corrected chi connectivity index (χ1v) is 7.28. The van der Waals surface area contributed by atoms with Crippen LogP contribution >= 0.6 is 0 Å². The topological polar surface area (TPSA) is 3.24 Å². The van der Waals surface area contributed by atoms with E-state index in [-0.39, 0.29) is 5.41 Å². The molecule has 0 radical (unpaired) electrons. The van der Waals surface area contributed by atoms with E-state index in [9.17, 15) is 0 Å². The number of hydrogen-bond donors (Lipinski definition) is 0. The molecule has 0 spiro atoms. The van der Waals surface area contributed by atoms with E-state index in [1.165, 1.54) is 37.0 Å². The van der Waals surface area contributed by atoms with Crippen LogP contribution in [-0.2, 0) is 0 Å². The molecule has 0 bridgehead atoms. The molecule has 1 nitrogen and oxygen atoms in total. The van der Waals surface area contributed by atoms with Gasteiger partial charge in [0.05, 0.1) is 0 Å². The van der Waals surface area contributed by atoms with Gasteiger partial charge in [0, 0.05) is 17.9 Å². The lowest BCUT2D eigenvalue weighted by molar-refractivity contribution is 0.291. The number of rotatable bonds is 5. The second kappa shape index (κ2) is 6.26. The third-order valence-electron chi connectivity index (χ3n) is 3.58. The number of hydrogen-bond acceptors (Lipinski definition) is 1. The molecule has 1 heterocycles. The molecule has 0 saturated carbocycles. The molecule has 1 heteroatoms. The minimum Gasteiger partial charge on any atom is -0.345 e. The van der Waals surface area contributed by atoms with Gasteiger partial charge in [-0.1, -0.05) is 60.1 Å². The van der Waals surface area contributed by atoms with Crippen molar-refractivity contribution in [1.29, 1.82) is 0 Å². The van der Waals surface area contributed by atoms with Gasteiger partial charge in [-0.2, -0.15) is 0 Å². The second-order valence-corrected chi connectivity index (χ2v) is 6.26. The van der Waals surface area contributed by atoms with Gasteiger partial charge in [0.15, 0.2) is 0 Å². The van der Waals surface area contributed by atoms with Crippen LogP contribution in [0.5, 0.6) is 0 Å². The molecular weight excluding hydrogens is 218 g/mol. The maximum atomic E-state index is 4.34. The first-order valence-electron chi connectivity index (χ1n) is 7.28. The molecule has 0 saturated heterocycles. The van der Waals surface area contributed by atoms with Crippen molar-refractivity contribution in [2.24, 2.45) is 5.41 Å². The summed E-state index contributed by atoms with van der Waals surface area (Å²) < 4.78 is 0. The highest BCUT2D eigenvalue weighted by atomic mass is 15.2. The summed E-state index contributed by atoms with van der Waals surface area (Å²) in [6.45, 7) is 15.6. The molecule has 1 aliphatic heterocycles. The first kappa shape index (κ1) is 15.1. The van der Waals surface area contributed by atoms with Gasteiger partial charge in [-0.25, -0.2) is 0 Å². The van der Waals surface area contributed by atoms with Crippen LogP contribution < -0.4 is 0 Å². The minimum absolute atomic E-state index is 0.170. The molecule has 1 aliphatic rings. The van der Waals surface area contributed by atoms with Crippen LogP contribution in [0.3, 0.4) is 0 Å². The van der Waals surface area contributed by atoms with Crippen LogP contribution in [0.2, 0.25) is 0 Å². The van der Waals surface area contributed by atoms with E-state index in [0.29, 0.717) is 6.04 Å². The highest BCUT2D eigenvalue weighted by molar-refractivity contribution is 5.39. The van der Waals surface area contributed by atoms with E-state index in [1.807, 2.05) is 0 Å². The van der Waals surface area contributed by atoms with Gasteiger partial charge in [0.25, 0.3) is 0 Å². The molecular formula is C17H29N. The van der Waals surface area contributed by atoms with Crippen molar-refractivity contribution < 1.29 is 0 Å². The Hall–Kier alpha value is -0.980. The summed E-state index contributed by atoms with van der Waals surface area (Å²) in [7, 11) is 0. The van der Waals surface area contributed by atoms with Crippen molar-refractivity contribution in [3.05, 3.63) is 36.2 Å². The van der Waals surface area contributed by atoms with E-state index >= 15 is 0 Å². The Morgan fingerprint density at radius 1 is 1.17 bits per heavy atom. The molecule has 0 fully saturated rings. The summed E-state index contributed by atoms with van der Waals surface area (Å²) in [4.78, 5) is 2.40. The normalized spacial score (nSPS) is 16.4. The van der Waals surface area contributed by atoms with Crippen LogP contribution in [0.25, 0.3) is 0 Å². The summed E-state index contributed by atoms with van der Waals surface area (Å²) in [6.07, 6.45) is 11.5. The predicted molar refractivity (Wildman–Crippen MR) is 81.3 cm³/mol. The van der Waals surface area contributed by atoms with Crippen LogP contribution in [-0.4, -0.2) is 10.9 Å². The van der Waals surface area contributed by atoms with Crippen molar-refractivity contribution in [1.82, 2.24) is 4.90 Å². The third-order valence-corrected chi connectivity index (χ3v) is 3.58. The highest BCUT2D eigenvalue weighted by Crippen LogP contribution is 2.36. The third kappa shape index (κ3) is 3.51. The Balaban J connectivity index is 2.90. The molecule has 0 aromatic rings. The molecule has 0 aromatic carbocycles. The van der Waals surface area contributed by atoms with Gasteiger partial charge in [-0.15, -0.1) is 0 Å². The zero-order chi connectivity index (χ0) is 13.8. The standard InChI is InChI=1S/C17H29N/c1-7-10-15(11-8-2)18-13-9-12-16(14(18)3)17(4,5)6/h9,12-13,15H,3,7-8,10-11H2,1-2,4-6H3. The largest absolute Gasteiger partial charge is 0.345 e. The summed E-state index contributed by atoms with van der Waals surface area (Å²) in [5.74, 6) is 0. The van der Waals surface area contributed by atoms with Gasteiger partial charge in [0.1, 0.15) is 0 Å². The molecule has 18 heavy (non-hydrogen) atoms. The van der Waals surface area contributed by atoms with Gasteiger partial charge in [-0.05, 0) is 29.9 Å². The first-order chi connectivity index (χ1) is 8.41. The van der Waals surface area contributed by atoms with E-state index in [4.69, 9.17) is 0 Å². The van der Waals surface area contributed by atoms with Crippen LogP contribution in [0.15, 0.2) is 36.2 Å². The fourth-order valence-corrected chi connectivity index (χ4v) is 2.67. The minimum atomic E-state index is 0.170. The number of nitrogens with zero attached hydrogens (tertiary/aromatic N) is 1. The van der Waals surface area contributed by atoms with Crippen LogP contribution in [0.1, 0.15) is 60.3 Å². The summed E-state index contributed by atoms with van der Waals surface area (Å²) in [6, 6.07) is 0.606. The van der Waals surface area contributed by atoms with E-state index in [2.05, 4.69) is 64.4 Å². The lowest BCUT2D eigenvalue weighted by Crippen LogP contribution is -2.33. The molecule has 0 unspecified atom stereocenters. The van der Waals surface area contributed by atoms with Gasteiger partial charge < -0.3 is 4.90 Å². The maximum Gasteiger partial charge on any atom is 0.0373 e. The van der Waals surface area contributed by atoms with Crippen molar-refractivity contribution in [3.8, 4) is 0 Å². The molecule has 1 rings (SSSR count). The van der Waals surface area contributed by atoms with Crippen LogP contribution in [0, 0.1) is 5.41 Å². The smallest absolute Gasteiger partial charge is 0.0373 e. The van der Waals surface area contributed by atoms with Crippen molar-refractivity contribution in [2.75, 3.05) is 0 Å². The van der Waals surface area contributed by atoms with Crippen LogP contribution in [0.4, 0.5) is 0 Å². The number of allylic oxidation sites excluding steroid dienone is 3. The highest BCUT2D eigenvalue weighted by Gasteiger charge is 2.26. The lowest BCUT2D eigenvalue weighted by Gasteiger charge is -2.38. The Morgan fingerprint density at radius 3 is 2.17 bits per heavy atom. The Bertz CT molecular complexity index is 335. The summed E-state index contributed by atoms with van der Waals surface area (Å²) in [5, 5.41) is 0. The zero-order valence-electron chi connectivity index (χ0n) is 12.8. The fourth-order valence-electron chi connectivity index (χ4n) is 2.67. The quantitative estimate of drug-likeness (QED) is 0.639. The van der Waals surface area contributed by atoms with Crippen molar-refractivity contribution >= 4 is 0 Å². The molecule has 0 N–H and O–H groups in total.